The highest BCUT2D eigenvalue weighted by molar-refractivity contribution is 7.00. The lowest BCUT2D eigenvalue weighted by atomic mass is 9.33. The maximum Gasteiger partial charge on any atom is 0.252 e. The molecule has 2 heterocycles. The topological polar surface area (TPSA) is 6.48 Å². The fraction of sp³-hybridized carbons (Fsp3) is 0.235. The highest BCUT2D eigenvalue weighted by Crippen LogP contribution is 2.51. The SMILES string of the molecule is CC(C)(C)c1ccc2c(c1)B1c3cc(C(C)(C)C)ccc3N(c3ccc(C(C)(C)C)cc3-c3cc4ccc5cccc6ccc(c3)c4c56)c3cc(C(C)(C)C)cc(c31)N2c1ccccc1-c1ccccc1. The molecule has 3 heteroatoms. The summed E-state index contributed by atoms with van der Waals surface area (Å²) in [5.41, 5.74) is 21.2. The minimum Gasteiger partial charge on any atom is -0.311 e. The summed E-state index contributed by atoms with van der Waals surface area (Å²) in [7, 11) is 0. The summed E-state index contributed by atoms with van der Waals surface area (Å²) < 4.78 is 0. The van der Waals surface area contributed by atoms with Gasteiger partial charge in [-0.25, -0.2) is 0 Å². The van der Waals surface area contributed by atoms with Gasteiger partial charge in [0.05, 0.1) is 11.4 Å². The smallest absolute Gasteiger partial charge is 0.252 e. The second-order valence-corrected chi connectivity index (χ2v) is 24.7. The van der Waals surface area contributed by atoms with E-state index < -0.39 is 0 Å². The van der Waals surface area contributed by atoms with Crippen LogP contribution in [0.3, 0.4) is 0 Å². The summed E-state index contributed by atoms with van der Waals surface area (Å²) in [6, 6.07) is 68.1. The van der Waals surface area contributed by atoms with E-state index in [0.29, 0.717) is 0 Å². The summed E-state index contributed by atoms with van der Waals surface area (Å²) in [5.74, 6) is 0. The maximum absolute atomic E-state index is 2.66. The van der Waals surface area contributed by atoms with Crippen LogP contribution in [-0.2, 0) is 21.7 Å². The van der Waals surface area contributed by atoms with Crippen LogP contribution < -0.4 is 26.2 Å². The van der Waals surface area contributed by atoms with Crippen molar-refractivity contribution in [2.75, 3.05) is 9.80 Å². The van der Waals surface area contributed by atoms with Crippen LogP contribution in [0.1, 0.15) is 105 Å². The van der Waals surface area contributed by atoms with Crippen molar-refractivity contribution in [2.24, 2.45) is 0 Å². The zero-order valence-electron chi connectivity index (χ0n) is 43.7. The molecule has 350 valence electrons. The van der Waals surface area contributed by atoms with Gasteiger partial charge in [0.25, 0.3) is 6.71 Å². The second-order valence-electron chi connectivity index (χ2n) is 24.7. The van der Waals surface area contributed by atoms with Crippen molar-refractivity contribution < 1.29 is 0 Å². The van der Waals surface area contributed by atoms with Gasteiger partial charge in [-0.15, -0.1) is 0 Å². The lowest BCUT2D eigenvalue weighted by molar-refractivity contribution is 0.589. The first-order valence-electron chi connectivity index (χ1n) is 25.8. The van der Waals surface area contributed by atoms with Gasteiger partial charge >= 0.3 is 0 Å². The first kappa shape index (κ1) is 45.1. The van der Waals surface area contributed by atoms with Gasteiger partial charge in [-0.05, 0) is 158 Å². The standard InChI is InChI=1S/C68H65BN2/c1-65(2,3)48-29-32-57(53(37-48)47-35-45-27-25-43-21-18-22-44-26-28-46(36-47)63(45)62(43)44)71-59-34-31-50(67(7,8)9)39-55(59)69-54-38-49(66(4,5)6)30-33-58(54)70(60-40-51(68(10,11)12)41-61(71)64(60)69)56-24-17-16-23-52(56)42-19-14-13-15-20-42/h13-41H,1-12H3. The maximum atomic E-state index is 2.66. The van der Waals surface area contributed by atoms with Crippen molar-refractivity contribution in [1.82, 2.24) is 0 Å². The molecule has 0 N–H and O–H groups in total. The third-order valence-corrected chi connectivity index (χ3v) is 15.8. The molecule has 2 aliphatic heterocycles. The molecular weight excluding hydrogens is 856 g/mol. The van der Waals surface area contributed by atoms with Gasteiger partial charge < -0.3 is 9.80 Å². The van der Waals surface area contributed by atoms with E-state index in [9.17, 15) is 0 Å². The van der Waals surface area contributed by atoms with Crippen LogP contribution in [0, 0.1) is 0 Å². The van der Waals surface area contributed by atoms with Gasteiger partial charge in [-0.3, -0.25) is 0 Å². The molecule has 0 aromatic heterocycles. The highest BCUT2D eigenvalue weighted by Gasteiger charge is 2.45. The Labute approximate surface area is 422 Å². The molecule has 10 aromatic carbocycles. The predicted molar refractivity (Wildman–Crippen MR) is 310 cm³/mol. The number of hydrogen-bond acceptors (Lipinski definition) is 2. The summed E-state index contributed by atoms with van der Waals surface area (Å²) in [5, 5.41) is 7.82. The van der Waals surface area contributed by atoms with Crippen LogP contribution in [-0.4, -0.2) is 6.71 Å². The molecule has 0 spiro atoms. The molecule has 0 radical (unpaired) electrons. The summed E-state index contributed by atoms with van der Waals surface area (Å²) >= 11 is 0. The van der Waals surface area contributed by atoms with E-state index in [1.54, 1.807) is 0 Å². The van der Waals surface area contributed by atoms with Crippen molar-refractivity contribution >= 4 is 89.5 Å². The number of nitrogens with zero attached hydrogens (tertiary/aromatic N) is 2. The number of para-hydroxylation sites is 1. The second kappa shape index (κ2) is 15.7. The number of benzene rings is 10. The van der Waals surface area contributed by atoms with Gasteiger partial charge in [-0.1, -0.05) is 204 Å². The van der Waals surface area contributed by atoms with Crippen LogP contribution in [0.5, 0.6) is 0 Å². The van der Waals surface area contributed by atoms with E-state index in [-0.39, 0.29) is 28.4 Å². The molecule has 0 unspecified atom stereocenters. The van der Waals surface area contributed by atoms with Crippen molar-refractivity contribution in [3.8, 4) is 22.3 Å². The van der Waals surface area contributed by atoms with Gasteiger partial charge in [0.2, 0.25) is 0 Å². The number of rotatable bonds is 4. The van der Waals surface area contributed by atoms with Crippen LogP contribution >= 0.6 is 0 Å². The lowest BCUT2D eigenvalue weighted by Gasteiger charge is -2.46. The first-order chi connectivity index (χ1) is 33.7. The summed E-state index contributed by atoms with van der Waals surface area (Å²) in [6.07, 6.45) is 0. The van der Waals surface area contributed by atoms with Gasteiger partial charge in [-0.2, -0.15) is 0 Å². The van der Waals surface area contributed by atoms with E-state index in [1.165, 1.54) is 127 Å². The van der Waals surface area contributed by atoms with E-state index in [2.05, 4.69) is 269 Å². The normalized spacial score (nSPS) is 13.8. The molecule has 10 aromatic rings. The van der Waals surface area contributed by atoms with Crippen molar-refractivity contribution in [3.05, 3.63) is 198 Å². The lowest BCUT2D eigenvalue weighted by Crippen LogP contribution is -2.62. The van der Waals surface area contributed by atoms with E-state index in [1.807, 2.05) is 0 Å². The fourth-order valence-corrected chi connectivity index (χ4v) is 11.8. The molecule has 71 heavy (non-hydrogen) atoms. The van der Waals surface area contributed by atoms with Crippen LogP contribution in [0.2, 0.25) is 0 Å². The van der Waals surface area contributed by atoms with E-state index >= 15 is 0 Å². The Morgan fingerprint density at radius 1 is 0.296 bits per heavy atom. The molecule has 0 amide bonds. The van der Waals surface area contributed by atoms with Crippen LogP contribution in [0.15, 0.2) is 176 Å². The Hall–Kier alpha value is -7.10. The Bertz CT molecular complexity index is 3690. The quantitative estimate of drug-likeness (QED) is 0.128. The van der Waals surface area contributed by atoms with Gasteiger partial charge in [0.15, 0.2) is 0 Å². The van der Waals surface area contributed by atoms with Crippen LogP contribution in [0.4, 0.5) is 34.1 Å². The minimum atomic E-state index is -0.155. The zero-order chi connectivity index (χ0) is 49.5. The number of anilines is 6. The number of fused-ring (bicyclic) bond motifs is 4. The molecule has 12 rings (SSSR count). The van der Waals surface area contributed by atoms with Crippen molar-refractivity contribution in [3.63, 3.8) is 0 Å². The van der Waals surface area contributed by atoms with Gasteiger partial charge in [0, 0.05) is 33.9 Å². The molecule has 0 fully saturated rings. The Kier molecular flexibility index (Phi) is 9.97. The third kappa shape index (κ3) is 7.29. The average molecular weight is 921 g/mol. The van der Waals surface area contributed by atoms with E-state index in [0.717, 1.165) is 0 Å². The van der Waals surface area contributed by atoms with Gasteiger partial charge in [0.1, 0.15) is 0 Å². The highest BCUT2D eigenvalue weighted by atomic mass is 15.2. The minimum absolute atomic E-state index is 0.0185. The molecule has 0 saturated carbocycles. The largest absolute Gasteiger partial charge is 0.311 e. The molecular formula is C68H65BN2. The predicted octanol–water partition coefficient (Wildman–Crippen LogP) is 17.2. The molecule has 2 nitrogen and oxygen atoms in total. The fourth-order valence-electron chi connectivity index (χ4n) is 11.8. The molecule has 0 saturated heterocycles. The average Bonchev–Trinajstić information content (AvgIpc) is 3.34. The van der Waals surface area contributed by atoms with E-state index in [4.69, 9.17) is 0 Å². The number of hydrogen-bond donors (Lipinski definition) is 0. The Balaban J connectivity index is 1.21. The Morgan fingerprint density at radius 2 is 0.732 bits per heavy atom. The molecule has 2 aliphatic rings. The first-order valence-corrected chi connectivity index (χ1v) is 25.8. The monoisotopic (exact) mass is 921 g/mol. The molecule has 0 atom stereocenters. The molecule has 0 aliphatic carbocycles. The summed E-state index contributed by atoms with van der Waals surface area (Å²) in [6.45, 7) is 28.2. The van der Waals surface area contributed by atoms with Crippen LogP contribution in [0.25, 0.3) is 54.6 Å². The Morgan fingerprint density at radius 3 is 1.25 bits per heavy atom. The van der Waals surface area contributed by atoms with Crippen molar-refractivity contribution in [1.29, 1.82) is 0 Å². The van der Waals surface area contributed by atoms with Crippen molar-refractivity contribution in [2.45, 2.75) is 105 Å². The zero-order valence-corrected chi connectivity index (χ0v) is 43.7. The molecule has 0 bridgehead atoms. The third-order valence-electron chi connectivity index (χ3n) is 15.8. The summed E-state index contributed by atoms with van der Waals surface area (Å²) in [4.78, 5) is 5.28.